The van der Waals surface area contributed by atoms with Crippen LogP contribution in [-0.4, -0.2) is 18.1 Å². The minimum absolute atomic E-state index is 0.164. The number of carbonyl (C=O) groups is 1. The molecule has 3 heteroatoms. The van der Waals surface area contributed by atoms with Crippen molar-refractivity contribution in [3.8, 4) is 0 Å². The van der Waals surface area contributed by atoms with E-state index < -0.39 is 0 Å². The molecule has 0 spiro atoms. The second-order valence-corrected chi connectivity index (χ2v) is 3.93. The molecule has 1 heterocycles. The number of fused-ring (bicyclic) bond motifs is 1. The average Bonchev–Trinajstić information content (AvgIpc) is 2.67. The Bertz CT molecular complexity index is 514. The van der Waals surface area contributed by atoms with Crippen LogP contribution in [0.25, 0.3) is 10.9 Å². The Kier molecular flexibility index (Phi) is 2.95. The van der Waals surface area contributed by atoms with Gasteiger partial charge in [-0.05, 0) is 30.5 Å². The van der Waals surface area contributed by atoms with Crippen LogP contribution in [0.3, 0.4) is 0 Å². The standard InChI is InChI=1S/C13H15NO2/c1-9-8-14-12-7-10(3-5-11(9)12)4-6-13(15)16-2/h3,5,7-8,14H,4,6H2,1-2H3. The number of benzene rings is 1. The molecule has 0 unspecified atom stereocenters. The molecule has 0 radical (unpaired) electrons. The second kappa shape index (κ2) is 4.39. The third kappa shape index (κ3) is 2.08. The molecule has 0 atom stereocenters. The number of aromatic amines is 1. The highest BCUT2D eigenvalue weighted by molar-refractivity contribution is 5.83. The average molecular weight is 217 g/mol. The Morgan fingerprint density at radius 3 is 3.00 bits per heavy atom. The summed E-state index contributed by atoms with van der Waals surface area (Å²) in [5.41, 5.74) is 3.52. The lowest BCUT2D eigenvalue weighted by Crippen LogP contribution is -2.01. The molecule has 0 aliphatic heterocycles. The van der Waals surface area contributed by atoms with Crippen LogP contribution >= 0.6 is 0 Å². The fourth-order valence-electron chi connectivity index (χ4n) is 1.82. The number of H-pyrrole nitrogens is 1. The van der Waals surface area contributed by atoms with E-state index in [9.17, 15) is 4.79 Å². The summed E-state index contributed by atoms with van der Waals surface area (Å²) in [6.45, 7) is 2.08. The Hall–Kier alpha value is -1.77. The van der Waals surface area contributed by atoms with Gasteiger partial charge in [0.15, 0.2) is 0 Å². The summed E-state index contributed by atoms with van der Waals surface area (Å²) >= 11 is 0. The van der Waals surface area contributed by atoms with Crippen LogP contribution in [0, 0.1) is 6.92 Å². The van der Waals surface area contributed by atoms with Gasteiger partial charge in [0, 0.05) is 23.5 Å². The van der Waals surface area contributed by atoms with Crippen molar-refractivity contribution >= 4 is 16.9 Å². The molecule has 0 amide bonds. The number of esters is 1. The third-order valence-corrected chi connectivity index (χ3v) is 2.80. The molecule has 0 saturated heterocycles. The maximum absolute atomic E-state index is 11.0. The van der Waals surface area contributed by atoms with Gasteiger partial charge in [0.1, 0.15) is 0 Å². The van der Waals surface area contributed by atoms with E-state index in [1.807, 2.05) is 6.20 Å². The van der Waals surface area contributed by atoms with Crippen LogP contribution in [0.2, 0.25) is 0 Å². The smallest absolute Gasteiger partial charge is 0.305 e. The number of rotatable bonds is 3. The molecule has 2 aromatic rings. The van der Waals surface area contributed by atoms with Gasteiger partial charge in [-0.2, -0.15) is 0 Å². The SMILES string of the molecule is COC(=O)CCc1ccc2c(C)c[nH]c2c1. The lowest BCUT2D eigenvalue weighted by Gasteiger charge is -2.01. The van der Waals surface area contributed by atoms with E-state index in [-0.39, 0.29) is 5.97 Å². The van der Waals surface area contributed by atoms with Crippen LogP contribution in [0.1, 0.15) is 17.5 Å². The maximum Gasteiger partial charge on any atom is 0.305 e. The van der Waals surface area contributed by atoms with Crippen molar-refractivity contribution in [3.05, 3.63) is 35.5 Å². The number of hydrogen-bond donors (Lipinski definition) is 1. The molecule has 16 heavy (non-hydrogen) atoms. The van der Waals surface area contributed by atoms with E-state index in [2.05, 4.69) is 34.8 Å². The van der Waals surface area contributed by atoms with Crippen molar-refractivity contribution in [2.75, 3.05) is 7.11 Å². The van der Waals surface area contributed by atoms with E-state index in [0.717, 1.165) is 17.5 Å². The van der Waals surface area contributed by atoms with Crippen LogP contribution in [0.4, 0.5) is 0 Å². The monoisotopic (exact) mass is 217 g/mol. The van der Waals surface area contributed by atoms with E-state index >= 15 is 0 Å². The highest BCUT2D eigenvalue weighted by atomic mass is 16.5. The van der Waals surface area contributed by atoms with Crippen molar-refractivity contribution in [1.82, 2.24) is 4.98 Å². The topological polar surface area (TPSA) is 42.1 Å². The molecule has 84 valence electrons. The lowest BCUT2D eigenvalue weighted by atomic mass is 10.1. The summed E-state index contributed by atoms with van der Waals surface area (Å²) in [6, 6.07) is 6.24. The zero-order valence-electron chi connectivity index (χ0n) is 9.54. The van der Waals surface area contributed by atoms with Crippen molar-refractivity contribution in [2.24, 2.45) is 0 Å². The molecular formula is C13H15NO2. The van der Waals surface area contributed by atoms with Crippen molar-refractivity contribution in [2.45, 2.75) is 19.8 Å². The number of nitrogens with one attached hydrogen (secondary N) is 1. The van der Waals surface area contributed by atoms with Gasteiger partial charge in [0.05, 0.1) is 7.11 Å². The first-order valence-corrected chi connectivity index (χ1v) is 5.34. The Morgan fingerprint density at radius 1 is 1.44 bits per heavy atom. The highest BCUT2D eigenvalue weighted by Crippen LogP contribution is 2.19. The third-order valence-electron chi connectivity index (χ3n) is 2.80. The zero-order valence-corrected chi connectivity index (χ0v) is 9.54. The molecule has 2 rings (SSSR count). The molecule has 1 N–H and O–H groups in total. The van der Waals surface area contributed by atoms with Crippen LogP contribution in [0.15, 0.2) is 24.4 Å². The second-order valence-electron chi connectivity index (χ2n) is 3.93. The fraction of sp³-hybridized carbons (Fsp3) is 0.308. The molecule has 0 fully saturated rings. The lowest BCUT2D eigenvalue weighted by molar-refractivity contribution is -0.140. The van der Waals surface area contributed by atoms with Gasteiger partial charge in [-0.15, -0.1) is 0 Å². The fourth-order valence-corrected chi connectivity index (χ4v) is 1.82. The van der Waals surface area contributed by atoms with E-state index in [4.69, 9.17) is 0 Å². The zero-order chi connectivity index (χ0) is 11.5. The number of aromatic nitrogens is 1. The first-order chi connectivity index (χ1) is 7.70. The first-order valence-electron chi connectivity index (χ1n) is 5.34. The molecule has 0 aliphatic rings. The van der Waals surface area contributed by atoms with Gasteiger partial charge in [0.2, 0.25) is 0 Å². The van der Waals surface area contributed by atoms with E-state index in [1.54, 1.807) is 0 Å². The predicted octanol–water partition coefficient (Wildman–Crippen LogP) is 2.58. The molecule has 1 aromatic carbocycles. The van der Waals surface area contributed by atoms with Gasteiger partial charge in [0.25, 0.3) is 0 Å². The molecule has 0 saturated carbocycles. The molecular weight excluding hydrogens is 202 g/mol. The van der Waals surface area contributed by atoms with E-state index in [1.165, 1.54) is 18.1 Å². The van der Waals surface area contributed by atoms with Crippen LogP contribution in [0.5, 0.6) is 0 Å². The van der Waals surface area contributed by atoms with Crippen LogP contribution in [-0.2, 0) is 16.0 Å². The van der Waals surface area contributed by atoms with Gasteiger partial charge in [-0.1, -0.05) is 12.1 Å². The van der Waals surface area contributed by atoms with Gasteiger partial charge in [-0.25, -0.2) is 0 Å². The number of methoxy groups -OCH3 is 1. The summed E-state index contributed by atoms with van der Waals surface area (Å²) in [7, 11) is 1.42. The number of hydrogen-bond acceptors (Lipinski definition) is 2. The molecule has 0 aliphatic carbocycles. The quantitative estimate of drug-likeness (QED) is 0.803. The minimum atomic E-state index is -0.164. The highest BCUT2D eigenvalue weighted by Gasteiger charge is 2.04. The minimum Gasteiger partial charge on any atom is -0.469 e. The summed E-state index contributed by atoms with van der Waals surface area (Å²) in [5.74, 6) is -0.164. The van der Waals surface area contributed by atoms with Crippen molar-refractivity contribution < 1.29 is 9.53 Å². The van der Waals surface area contributed by atoms with Gasteiger partial charge >= 0.3 is 5.97 Å². The summed E-state index contributed by atoms with van der Waals surface area (Å²) in [4.78, 5) is 14.2. The Morgan fingerprint density at radius 2 is 2.25 bits per heavy atom. The molecule has 1 aromatic heterocycles. The predicted molar refractivity (Wildman–Crippen MR) is 63.4 cm³/mol. The number of carbonyl (C=O) groups excluding carboxylic acids is 1. The first kappa shape index (κ1) is 10.7. The largest absolute Gasteiger partial charge is 0.469 e. The summed E-state index contributed by atoms with van der Waals surface area (Å²) in [5, 5.41) is 1.24. The Balaban J connectivity index is 2.17. The van der Waals surface area contributed by atoms with Crippen molar-refractivity contribution in [1.29, 1.82) is 0 Å². The normalized spacial score (nSPS) is 10.6. The number of ether oxygens (including phenoxy) is 1. The Labute approximate surface area is 94.4 Å². The molecule has 3 nitrogen and oxygen atoms in total. The maximum atomic E-state index is 11.0. The van der Waals surface area contributed by atoms with Gasteiger partial charge < -0.3 is 9.72 Å². The number of aryl methyl sites for hydroxylation is 2. The molecule has 0 bridgehead atoms. The summed E-state index contributed by atoms with van der Waals surface area (Å²) < 4.78 is 4.62. The summed E-state index contributed by atoms with van der Waals surface area (Å²) in [6.07, 6.45) is 3.15. The van der Waals surface area contributed by atoms with Crippen LogP contribution < -0.4 is 0 Å². The van der Waals surface area contributed by atoms with Crippen molar-refractivity contribution in [3.63, 3.8) is 0 Å². The van der Waals surface area contributed by atoms with E-state index in [0.29, 0.717) is 6.42 Å². The van der Waals surface area contributed by atoms with Gasteiger partial charge in [-0.3, -0.25) is 4.79 Å².